The Kier molecular flexibility index (Phi) is 7.01. The monoisotopic (exact) mass is 607 g/mol. The number of hydrogen-bond donors (Lipinski definition) is 1. The van der Waals surface area contributed by atoms with E-state index in [1.54, 1.807) is 12.1 Å². The molecule has 0 atom stereocenters. The fourth-order valence-corrected chi connectivity index (χ4v) is 6.90. The van der Waals surface area contributed by atoms with Crippen LogP contribution in [0.3, 0.4) is 0 Å². The van der Waals surface area contributed by atoms with Crippen molar-refractivity contribution < 1.29 is 19.1 Å². The summed E-state index contributed by atoms with van der Waals surface area (Å²) >= 11 is 0. The zero-order chi connectivity index (χ0) is 31.2. The molecule has 1 N–H and O–H groups in total. The summed E-state index contributed by atoms with van der Waals surface area (Å²) in [5.41, 5.74) is 7.51. The van der Waals surface area contributed by atoms with E-state index < -0.39 is 5.97 Å². The first-order chi connectivity index (χ1) is 22.5. The highest BCUT2D eigenvalue weighted by atomic mass is 16.5. The highest BCUT2D eigenvalue weighted by Gasteiger charge is 2.23. The molecule has 0 aliphatic heterocycles. The van der Waals surface area contributed by atoms with Gasteiger partial charge in [0.05, 0.1) is 27.8 Å². The number of rotatable bonds is 7. The Hall–Kier alpha value is -5.43. The lowest BCUT2D eigenvalue weighted by molar-refractivity contribution is 0.0697. The Morgan fingerprint density at radius 1 is 0.891 bits per heavy atom. The third-order valence-corrected chi connectivity index (χ3v) is 9.16. The van der Waals surface area contributed by atoms with Crippen LogP contribution in [-0.2, 0) is 6.61 Å². The summed E-state index contributed by atoms with van der Waals surface area (Å²) in [6, 6.07) is 32.1. The highest BCUT2D eigenvalue weighted by Crippen LogP contribution is 2.39. The van der Waals surface area contributed by atoms with Gasteiger partial charge in [-0.05, 0) is 86.0 Å². The van der Waals surface area contributed by atoms with E-state index >= 15 is 0 Å². The lowest BCUT2D eigenvalue weighted by atomic mass is 9.94. The first kappa shape index (κ1) is 28.1. The quantitative estimate of drug-likeness (QED) is 0.194. The first-order valence-electron chi connectivity index (χ1n) is 15.9. The second kappa shape index (κ2) is 11.5. The largest absolute Gasteiger partial charge is 0.489 e. The number of benzene rings is 4. The molecule has 0 saturated heterocycles. The highest BCUT2D eigenvalue weighted by molar-refractivity contribution is 5.97. The topological polar surface area (TPSA) is 90.4 Å². The number of hydrogen-bond acceptors (Lipinski definition) is 5. The summed E-state index contributed by atoms with van der Waals surface area (Å²) in [4.78, 5) is 21.8. The fourth-order valence-electron chi connectivity index (χ4n) is 6.90. The Labute approximate surface area is 266 Å². The number of carboxylic acid groups (broad SMARTS) is 1. The summed E-state index contributed by atoms with van der Waals surface area (Å²) in [6.45, 7) is 2.46. The number of aryl methyl sites for hydroxylation is 1. The molecular formula is C39H33N3O4. The van der Waals surface area contributed by atoms with Crippen LogP contribution in [0.2, 0.25) is 0 Å². The van der Waals surface area contributed by atoms with Crippen LogP contribution in [0.5, 0.6) is 5.75 Å². The molecule has 7 aromatic rings. The number of pyridine rings is 1. The normalized spacial score (nSPS) is 13.9. The van der Waals surface area contributed by atoms with Gasteiger partial charge in [0.1, 0.15) is 29.5 Å². The van der Waals surface area contributed by atoms with Crippen molar-refractivity contribution in [2.24, 2.45) is 0 Å². The predicted octanol–water partition coefficient (Wildman–Crippen LogP) is 9.76. The van der Waals surface area contributed by atoms with Crippen LogP contribution in [0.4, 0.5) is 0 Å². The minimum Gasteiger partial charge on any atom is -0.489 e. The molecule has 1 saturated carbocycles. The molecule has 1 aliphatic carbocycles. The van der Waals surface area contributed by atoms with Gasteiger partial charge in [-0.2, -0.15) is 0 Å². The third kappa shape index (κ3) is 5.08. The third-order valence-electron chi connectivity index (χ3n) is 9.16. The van der Waals surface area contributed by atoms with Crippen LogP contribution in [-0.4, -0.2) is 25.6 Å². The van der Waals surface area contributed by atoms with Gasteiger partial charge in [0.25, 0.3) is 0 Å². The molecule has 0 amide bonds. The van der Waals surface area contributed by atoms with Gasteiger partial charge in [-0.25, -0.2) is 14.8 Å². The zero-order valence-corrected chi connectivity index (χ0v) is 25.6. The van der Waals surface area contributed by atoms with Crippen LogP contribution < -0.4 is 4.74 Å². The number of furan rings is 1. The standard InChI is InChI=1S/C39H33N3O4/c1-24-37(31-22-30(15-19-36(31)46-24)45-23-25-8-4-2-5-9-25)33-17-12-26-20-27(13-16-32(26)40-33)38-41-34-21-28(39(43)44)14-18-35(34)42(38)29-10-6-3-7-11-29/h2,4-5,8-9,12-22,29H,3,6-7,10-11,23H2,1H3,(H,43,44). The zero-order valence-electron chi connectivity index (χ0n) is 25.6. The molecule has 7 nitrogen and oxygen atoms in total. The summed E-state index contributed by atoms with van der Waals surface area (Å²) in [5.74, 6) is 1.51. The number of aromatic nitrogens is 3. The maximum absolute atomic E-state index is 11.7. The Morgan fingerprint density at radius 3 is 2.57 bits per heavy atom. The number of aromatic carboxylic acids is 1. The maximum Gasteiger partial charge on any atom is 0.335 e. The van der Waals surface area contributed by atoms with E-state index in [9.17, 15) is 9.90 Å². The summed E-state index contributed by atoms with van der Waals surface area (Å²) in [5, 5.41) is 11.6. The van der Waals surface area contributed by atoms with Crippen LogP contribution >= 0.6 is 0 Å². The van der Waals surface area contributed by atoms with Crippen LogP contribution in [0.15, 0.2) is 101 Å². The van der Waals surface area contributed by atoms with Crippen molar-refractivity contribution in [1.29, 1.82) is 0 Å². The van der Waals surface area contributed by atoms with Crippen molar-refractivity contribution >= 4 is 38.9 Å². The number of fused-ring (bicyclic) bond motifs is 3. The van der Waals surface area contributed by atoms with E-state index in [1.165, 1.54) is 19.3 Å². The first-order valence-corrected chi connectivity index (χ1v) is 15.9. The van der Waals surface area contributed by atoms with Gasteiger partial charge in [-0.15, -0.1) is 0 Å². The minimum absolute atomic E-state index is 0.250. The molecule has 0 bridgehead atoms. The second-order valence-electron chi connectivity index (χ2n) is 12.2. The van der Waals surface area contributed by atoms with Gasteiger partial charge in [0, 0.05) is 27.9 Å². The second-order valence-corrected chi connectivity index (χ2v) is 12.2. The SMILES string of the molecule is Cc1oc2ccc(OCc3ccccc3)cc2c1-c1ccc2cc(-c3nc4cc(C(=O)O)ccc4n3C3CCCCC3)ccc2n1. The van der Waals surface area contributed by atoms with Crippen LogP contribution in [0.25, 0.3) is 55.6 Å². The number of imidazole rings is 1. The molecule has 228 valence electrons. The lowest BCUT2D eigenvalue weighted by Crippen LogP contribution is -2.14. The molecule has 8 rings (SSSR count). The van der Waals surface area contributed by atoms with Gasteiger partial charge in [0.2, 0.25) is 0 Å². The van der Waals surface area contributed by atoms with E-state index in [1.807, 2.05) is 61.5 Å². The number of ether oxygens (including phenoxy) is 1. The summed E-state index contributed by atoms with van der Waals surface area (Å²) in [6.07, 6.45) is 5.80. The Balaban J connectivity index is 1.16. The van der Waals surface area contributed by atoms with E-state index in [4.69, 9.17) is 19.1 Å². The maximum atomic E-state index is 11.7. The Bertz CT molecular complexity index is 2240. The van der Waals surface area contributed by atoms with Gasteiger partial charge < -0.3 is 18.8 Å². The molecule has 1 fully saturated rings. The number of carboxylic acids is 1. The summed E-state index contributed by atoms with van der Waals surface area (Å²) < 4.78 is 14.6. The molecule has 4 aromatic carbocycles. The minimum atomic E-state index is -0.945. The molecule has 1 aliphatic rings. The molecular weight excluding hydrogens is 574 g/mol. The van der Waals surface area contributed by atoms with E-state index in [2.05, 4.69) is 34.9 Å². The van der Waals surface area contributed by atoms with Crippen molar-refractivity contribution in [3.63, 3.8) is 0 Å². The van der Waals surface area contributed by atoms with Crippen LogP contribution in [0, 0.1) is 6.92 Å². The molecule has 0 unspecified atom stereocenters. The molecule has 7 heteroatoms. The number of nitrogens with zero attached hydrogens (tertiary/aromatic N) is 3. The van der Waals surface area contributed by atoms with E-state index in [0.717, 1.165) is 79.9 Å². The van der Waals surface area contributed by atoms with Gasteiger partial charge in [0.15, 0.2) is 0 Å². The molecule has 3 heterocycles. The van der Waals surface area contributed by atoms with Crippen molar-refractivity contribution in [3.05, 3.63) is 114 Å². The summed E-state index contributed by atoms with van der Waals surface area (Å²) in [7, 11) is 0. The molecule has 3 aromatic heterocycles. The predicted molar refractivity (Wildman–Crippen MR) is 180 cm³/mol. The molecule has 0 radical (unpaired) electrons. The van der Waals surface area contributed by atoms with Gasteiger partial charge >= 0.3 is 5.97 Å². The average molecular weight is 608 g/mol. The lowest BCUT2D eigenvalue weighted by Gasteiger charge is -2.25. The van der Waals surface area contributed by atoms with Crippen molar-refractivity contribution in [2.75, 3.05) is 0 Å². The smallest absolute Gasteiger partial charge is 0.335 e. The number of carbonyl (C=O) groups is 1. The van der Waals surface area contributed by atoms with Crippen LogP contribution in [0.1, 0.15) is 59.8 Å². The van der Waals surface area contributed by atoms with E-state index in [0.29, 0.717) is 18.2 Å². The van der Waals surface area contributed by atoms with Crippen molar-refractivity contribution in [2.45, 2.75) is 51.7 Å². The van der Waals surface area contributed by atoms with Crippen molar-refractivity contribution in [3.8, 4) is 28.4 Å². The van der Waals surface area contributed by atoms with Crippen molar-refractivity contribution in [1.82, 2.24) is 14.5 Å². The fraction of sp³-hybridized carbons (Fsp3) is 0.205. The molecule has 46 heavy (non-hydrogen) atoms. The van der Waals surface area contributed by atoms with E-state index in [-0.39, 0.29) is 5.56 Å². The Morgan fingerprint density at radius 2 is 1.74 bits per heavy atom. The van der Waals surface area contributed by atoms with Gasteiger partial charge in [-0.1, -0.05) is 55.7 Å². The molecule has 0 spiro atoms. The van der Waals surface area contributed by atoms with Gasteiger partial charge in [-0.3, -0.25) is 0 Å². The average Bonchev–Trinajstić information content (AvgIpc) is 3.64.